The van der Waals surface area contributed by atoms with Crippen molar-refractivity contribution in [3.8, 4) is 0 Å². The first-order chi connectivity index (χ1) is 11.6. The number of carbonyl (C=O) groups is 1. The number of rotatable bonds is 2. The van der Waals surface area contributed by atoms with Gasteiger partial charge in [-0.05, 0) is 55.4 Å². The van der Waals surface area contributed by atoms with Crippen molar-refractivity contribution in [2.24, 2.45) is 0 Å². The van der Waals surface area contributed by atoms with Crippen LogP contribution in [-0.2, 0) is 0 Å². The standard InChI is InChI=1S/C18H18FN3O2/c19-13-3-1-11(2-4-13)12-9-14-5-6-15(10-12)22(14)18(24)16-7-8-17(23)21-20-16/h1-4,7-8,12,14-15H,5-6,9-10H2,(H,21,23)/t12?,14-,15+. The van der Waals surface area contributed by atoms with E-state index in [9.17, 15) is 14.0 Å². The minimum Gasteiger partial charge on any atom is -0.331 e. The highest BCUT2D eigenvalue weighted by atomic mass is 19.1. The van der Waals surface area contributed by atoms with Gasteiger partial charge in [-0.1, -0.05) is 12.1 Å². The molecule has 1 amide bonds. The zero-order chi connectivity index (χ0) is 16.7. The van der Waals surface area contributed by atoms with Gasteiger partial charge in [0.25, 0.3) is 11.5 Å². The van der Waals surface area contributed by atoms with Crippen LogP contribution in [0.3, 0.4) is 0 Å². The molecule has 2 aliphatic heterocycles. The van der Waals surface area contributed by atoms with Crippen LogP contribution < -0.4 is 5.56 Å². The third-order valence-corrected chi connectivity index (χ3v) is 5.21. The Hall–Kier alpha value is -2.50. The Labute approximate surface area is 138 Å². The zero-order valence-corrected chi connectivity index (χ0v) is 13.1. The number of hydrogen-bond acceptors (Lipinski definition) is 3. The predicted molar refractivity (Wildman–Crippen MR) is 86.2 cm³/mol. The van der Waals surface area contributed by atoms with Crippen LogP contribution in [0.2, 0.25) is 0 Å². The molecule has 1 aromatic carbocycles. The van der Waals surface area contributed by atoms with Crippen molar-refractivity contribution >= 4 is 5.91 Å². The highest BCUT2D eigenvalue weighted by Gasteiger charge is 2.44. The van der Waals surface area contributed by atoms with Crippen molar-refractivity contribution in [3.63, 3.8) is 0 Å². The van der Waals surface area contributed by atoms with Gasteiger partial charge in [-0.15, -0.1) is 0 Å². The molecule has 24 heavy (non-hydrogen) atoms. The van der Waals surface area contributed by atoms with Gasteiger partial charge in [0.2, 0.25) is 0 Å². The van der Waals surface area contributed by atoms with Crippen LogP contribution in [0.4, 0.5) is 4.39 Å². The van der Waals surface area contributed by atoms with Gasteiger partial charge in [-0.2, -0.15) is 5.10 Å². The fourth-order valence-corrected chi connectivity index (χ4v) is 4.11. The first kappa shape index (κ1) is 15.1. The second-order valence-electron chi connectivity index (χ2n) is 6.62. The highest BCUT2D eigenvalue weighted by Crippen LogP contribution is 2.43. The molecule has 3 heterocycles. The van der Waals surface area contributed by atoms with Gasteiger partial charge in [0.15, 0.2) is 0 Å². The van der Waals surface area contributed by atoms with E-state index in [1.54, 1.807) is 0 Å². The topological polar surface area (TPSA) is 66.1 Å². The summed E-state index contributed by atoms with van der Waals surface area (Å²) in [7, 11) is 0. The summed E-state index contributed by atoms with van der Waals surface area (Å²) in [6.07, 6.45) is 3.74. The summed E-state index contributed by atoms with van der Waals surface area (Å²) in [5.41, 5.74) is 1.11. The molecule has 0 radical (unpaired) electrons. The first-order valence-corrected chi connectivity index (χ1v) is 8.25. The van der Waals surface area contributed by atoms with Crippen LogP contribution in [0.1, 0.15) is 47.7 Å². The third kappa shape index (κ3) is 2.62. The monoisotopic (exact) mass is 327 g/mol. The van der Waals surface area contributed by atoms with Crippen LogP contribution in [0.5, 0.6) is 0 Å². The fourth-order valence-electron chi connectivity index (χ4n) is 4.11. The SMILES string of the molecule is O=C(c1ccc(=O)[nH]n1)N1[C@@H]2CC[C@H]1CC(c1ccc(F)cc1)C2. The lowest BCUT2D eigenvalue weighted by atomic mass is 9.85. The highest BCUT2D eigenvalue weighted by molar-refractivity contribution is 5.92. The molecule has 6 heteroatoms. The second kappa shape index (κ2) is 5.85. The van der Waals surface area contributed by atoms with Crippen LogP contribution in [-0.4, -0.2) is 33.1 Å². The Morgan fingerprint density at radius 3 is 2.33 bits per heavy atom. The summed E-state index contributed by atoms with van der Waals surface area (Å²) in [5.74, 6) is 0.0190. The fraction of sp³-hybridized carbons (Fsp3) is 0.389. The molecule has 5 nitrogen and oxygen atoms in total. The Morgan fingerprint density at radius 1 is 1.08 bits per heavy atom. The first-order valence-electron chi connectivity index (χ1n) is 8.25. The van der Waals surface area contributed by atoms with Gasteiger partial charge in [-0.25, -0.2) is 9.49 Å². The lowest BCUT2D eigenvalue weighted by Crippen LogP contribution is -2.46. The van der Waals surface area contributed by atoms with E-state index in [2.05, 4.69) is 10.2 Å². The summed E-state index contributed by atoms with van der Waals surface area (Å²) >= 11 is 0. The van der Waals surface area contributed by atoms with Crippen LogP contribution >= 0.6 is 0 Å². The van der Waals surface area contributed by atoms with Crippen molar-refractivity contribution in [2.75, 3.05) is 0 Å². The smallest absolute Gasteiger partial charge is 0.274 e. The van der Waals surface area contributed by atoms with Gasteiger partial charge in [0.05, 0.1) is 0 Å². The third-order valence-electron chi connectivity index (χ3n) is 5.21. The van der Waals surface area contributed by atoms with E-state index in [1.165, 1.54) is 24.3 Å². The van der Waals surface area contributed by atoms with E-state index in [4.69, 9.17) is 0 Å². The number of halogens is 1. The van der Waals surface area contributed by atoms with Crippen molar-refractivity contribution in [3.05, 3.63) is 63.8 Å². The van der Waals surface area contributed by atoms with Crippen molar-refractivity contribution in [1.82, 2.24) is 15.1 Å². The van der Waals surface area contributed by atoms with Crippen molar-refractivity contribution in [2.45, 2.75) is 43.7 Å². The molecule has 2 aliphatic rings. The molecule has 0 aliphatic carbocycles. The Kier molecular flexibility index (Phi) is 3.67. The van der Waals surface area contributed by atoms with E-state index >= 15 is 0 Å². The lowest BCUT2D eigenvalue weighted by Gasteiger charge is -2.39. The number of H-pyrrole nitrogens is 1. The molecular weight excluding hydrogens is 309 g/mol. The average Bonchev–Trinajstić information content (AvgIpc) is 2.85. The van der Waals surface area contributed by atoms with Crippen LogP contribution in [0.25, 0.3) is 0 Å². The largest absolute Gasteiger partial charge is 0.331 e. The Bertz CT molecular complexity index is 783. The lowest BCUT2D eigenvalue weighted by molar-refractivity contribution is 0.0564. The summed E-state index contributed by atoms with van der Waals surface area (Å²) in [4.78, 5) is 25.8. The van der Waals surface area contributed by atoms with E-state index in [1.807, 2.05) is 17.0 Å². The molecule has 1 N–H and O–H groups in total. The number of carbonyl (C=O) groups excluding carboxylic acids is 1. The number of hydrogen-bond donors (Lipinski definition) is 1. The summed E-state index contributed by atoms with van der Waals surface area (Å²) in [6.45, 7) is 0. The Balaban J connectivity index is 1.54. The number of nitrogens with zero attached hydrogens (tertiary/aromatic N) is 2. The van der Waals surface area contributed by atoms with Crippen molar-refractivity contribution in [1.29, 1.82) is 0 Å². The normalized spacial score (nSPS) is 25.7. The maximum atomic E-state index is 13.1. The zero-order valence-electron chi connectivity index (χ0n) is 13.1. The molecule has 2 bridgehead atoms. The number of benzene rings is 1. The second-order valence-corrected chi connectivity index (χ2v) is 6.62. The van der Waals surface area contributed by atoms with Gasteiger partial charge in [0, 0.05) is 18.2 Å². The quantitative estimate of drug-likeness (QED) is 0.921. The summed E-state index contributed by atoms with van der Waals surface area (Å²) < 4.78 is 13.1. The molecule has 1 unspecified atom stereocenters. The average molecular weight is 327 g/mol. The maximum absolute atomic E-state index is 13.1. The number of piperidine rings is 1. The van der Waals surface area contributed by atoms with Crippen LogP contribution in [0, 0.1) is 5.82 Å². The number of aromatic amines is 1. The number of aromatic nitrogens is 2. The summed E-state index contributed by atoms with van der Waals surface area (Å²) in [6, 6.07) is 9.86. The molecule has 2 saturated heterocycles. The van der Waals surface area contributed by atoms with Gasteiger partial charge in [-0.3, -0.25) is 9.59 Å². The molecule has 3 atom stereocenters. The summed E-state index contributed by atoms with van der Waals surface area (Å²) in [5, 5.41) is 6.19. The number of nitrogens with one attached hydrogen (secondary N) is 1. The molecule has 2 aromatic rings. The molecule has 124 valence electrons. The Morgan fingerprint density at radius 2 is 1.75 bits per heavy atom. The molecular formula is C18H18FN3O2. The molecule has 0 spiro atoms. The molecule has 2 fully saturated rings. The van der Waals surface area contributed by atoms with E-state index in [0.717, 1.165) is 31.2 Å². The molecule has 4 rings (SSSR count). The minimum absolute atomic E-state index is 0.115. The van der Waals surface area contributed by atoms with E-state index in [-0.39, 0.29) is 35.1 Å². The number of fused-ring (bicyclic) bond motifs is 2. The predicted octanol–water partition coefficient (Wildman–Crippen LogP) is 2.46. The number of amides is 1. The van der Waals surface area contributed by atoms with Gasteiger partial charge >= 0.3 is 0 Å². The van der Waals surface area contributed by atoms with E-state index < -0.39 is 0 Å². The van der Waals surface area contributed by atoms with Crippen LogP contribution in [0.15, 0.2) is 41.2 Å². The van der Waals surface area contributed by atoms with Gasteiger partial charge in [0.1, 0.15) is 11.5 Å². The maximum Gasteiger partial charge on any atom is 0.274 e. The molecule has 1 aromatic heterocycles. The molecule has 0 saturated carbocycles. The minimum atomic E-state index is -0.315. The van der Waals surface area contributed by atoms with Gasteiger partial charge < -0.3 is 4.90 Å². The van der Waals surface area contributed by atoms with E-state index in [0.29, 0.717) is 5.92 Å². The van der Waals surface area contributed by atoms with Crippen molar-refractivity contribution < 1.29 is 9.18 Å².